The monoisotopic (exact) mass is 304 g/mol. The number of benzene rings is 1. The van der Waals surface area contributed by atoms with Crippen molar-refractivity contribution in [2.75, 3.05) is 0 Å². The molecule has 0 saturated carbocycles. The van der Waals surface area contributed by atoms with E-state index in [4.69, 9.17) is 4.74 Å². The van der Waals surface area contributed by atoms with E-state index in [1.807, 2.05) is 0 Å². The van der Waals surface area contributed by atoms with Crippen molar-refractivity contribution < 1.29 is 14.6 Å². The van der Waals surface area contributed by atoms with Gasteiger partial charge in [0.2, 0.25) is 0 Å². The molecule has 0 fully saturated rings. The van der Waals surface area contributed by atoms with Crippen molar-refractivity contribution in [2.24, 2.45) is 14.1 Å². The number of nitrogens with zero attached hydrogens (tertiary/aromatic N) is 2. The molecule has 0 radical (unpaired) electrons. The molecule has 22 heavy (non-hydrogen) atoms. The Morgan fingerprint density at radius 1 is 1.23 bits per heavy atom. The first-order valence-corrected chi connectivity index (χ1v) is 6.54. The zero-order chi connectivity index (χ0) is 16.4. The second kappa shape index (κ2) is 5.88. The first kappa shape index (κ1) is 15.6. The van der Waals surface area contributed by atoms with Crippen LogP contribution in [0, 0.1) is 6.92 Å². The van der Waals surface area contributed by atoms with E-state index in [-0.39, 0.29) is 23.6 Å². The number of para-hydroxylation sites is 1. The Kier molecular flexibility index (Phi) is 4.16. The fourth-order valence-corrected chi connectivity index (χ4v) is 1.96. The summed E-state index contributed by atoms with van der Waals surface area (Å²) in [5, 5.41) is 9.84. The molecule has 0 saturated heterocycles. The predicted octanol–water partition coefficient (Wildman–Crippen LogP) is 0.455. The number of phenols is 1. The van der Waals surface area contributed by atoms with Crippen LogP contribution in [0.2, 0.25) is 0 Å². The van der Waals surface area contributed by atoms with Crippen LogP contribution in [0.3, 0.4) is 0 Å². The van der Waals surface area contributed by atoms with Crippen molar-refractivity contribution in [1.29, 1.82) is 0 Å². The van der Waals surface area contributed by atoms with Crippen molar-refractivity contribution in [3.63, 3.8) is 0 Å². The number of rotatable bonds is 3. The van der Waals surface area contributed by atoms with Gasteiger partial charge >= 0.3 is 11.7 Å². The van der Waals surface area contributed by atoms with E-state index in [0.29, 0.717) is 5.56 Å². The maximum atomic E-state index is 12.0. The fourth-order valence-electron chi connectivity index (χ4n) is 1.96. The standard InChI is InChI=1S/C15H16N2O5/c1-9-5-4-6-11(13(9)19)14(20)22-8-10-7-12(18)17(3)15(21)16(10)2/h4-7,19H,8H2,1-3H3. The molecule has 1 aromatic carbocycles. The number of ether oxygens (including phenoxy) is 1. The SMILES string of the molecule is Cc1cccc(C(=O)OCc2cc(=O)n(C)c(=O)n2C)c1O. The molecular formula is C15H16N2O5. The van der Waals surface area contributed by atoms with Crippen LogP contribution in [0.4, 0.5) is 0 Å². The molecule has 0 aliphatic rings. The third-order valence-electron chi connectivity index (χ3n) is 3.43. The molecule has 0 unspecified atom stereocenters. The van der Waals surface area contributed by atoms with Gasteiger partial charge in [0.25, 0.3) is 5.56 Å². The molecule has 2 rings (SSSR count). The largest absolute Gasteiger partial charge is 0.507 e. The third-order valence-corrected chi connectivity index (χ3v) is 3.43. The van der Waals surface area contributed by atoms with Gasteiger partial charge < -0.3 is 9.84 Å². The summed E-state index contributed by atoms with van der Waals surface area (Å²) in [6.07, 6.45) is 0. The summed E-state index contributed by atoms with van der Waals surface area (Å²) in [4.78, 5) is 35.4. The van der Waals surface area contributed by atoms with Gasteiger partial charge in [0.05, 0.1) is 5.69 Å². The van der Waals surface area contributed by atoms with Crippen LogP contribution in [-0.4, -0.2) is 20.2 Å². The number of hydrogen-bond donors (Lipinski definition) is 1. The first-order valence-electron chi connectivity index (χ1n) is 6.54. The van der Waals surface area contributed by atoms with Crippen molar-refractivity contribution in [3.8, 4) is 5.75 Å². The molecule has 0 aliphatic carbocycles. The van der Waals surface area contributed by atoms with Gasteiger partial charge in [-0.2, -0.15) is 0 Å². The third kappa shape index (κ3) is 2.78. The van der Waals surface area contributed by atoms with E-state index in [1.165, 1.54) is 30.8 Å². The normalized spacial score (nSPS) is 10.5. The fraction of sp³-hybridized carbons (Fsp3) is 0.267. The summed E-state index contributed by atoms with van der Waals surface area (Å²) >= 11 is 0. The van der Waals surface area contributed by atoms with Crippen LogP contribution in [-0.2, 0) is 25.4 Å². The number of aromatic nitrogens is 2. The number of aromatic hydroxyl groups is 1. The Bertz CT molecular complexity index is 848. The number of phenolic OH excluding ortho intramolecular Hbond substituents is 1. The van der Waals surface area contributed by atoms with Gasteiger partial charge in [-0.05, 0) is 18.6 Å². The Hall–Kier alpha value is -2.83. The van der Waals surface area contributed by atoms with E-state index in [2.05, 4.69) is 0 Å². The number of carbonyl (C=O) groups is 1. The van der Waals surface area contributed by atoms with E-state index in [9.17, 15) is 19.5 Å². The molecule has 0 amide bonds. The first-order chi connectivity index (χ1) is 10.3. The molecule has 0 bridgehead atoms. The molecule has 7 nitrogen and oxygen atoms in total. The highest BCUT2D eigenvalue weighted by molar-refractivity contribution is 5.92. The van der Waals surface area contributed by atoms with Crippen LogP contribution in [0.25, 0.3) is 0 Å². The summed E-state index contributed by atoms with van der Waals surface area (Å²) in [5.74, 6) is -0.875. The maximum Gasteiger partial charge on any atom is 0.342 e. The van der Waals surface area contributed by atoms with E-state index >= 15 is 0 Å². The van der Waals surface area contributed by atoms with Crippen LogP contribution in [0.1, 0.15) is 21.6 Å². The Balaban J connectivity index is 2.24. The summed E-state index contributed by atoms with van der Waals surface area (Å²) < 4.78 is 7.26. The summed E-state index contributed by atoms with van der Waals surface area (Å²) in [6.45, 7) is 1.42. The lowest BCUT2D eigenvalue weighted by Crippen LogP contribution is -2.38. The Labute approximate surface area is 126 Å². The number of esters is 1. The molecule has 0 spiro atoms. The van der Waals surface area contributed by atoms with Gasteiger partial charge in [-0.1, -0.05) is 12.1 Å². The van der Waals surface area contributed by atoms with E-state index in [1.54, 1.807) is 19.1 Å². The minimum Gasteiger partial charge on any atom is -0.507 e. The molecule has 0 aliphatic heterocycles. The number of aryl methyl sites for hydroxylation is 1. The second-order valence-corrected chi connectivity index (χ2v) is 4.92. The van der Waals surface area contributed by atoms with Gasteiger partial charge in [0, 0.05) is 20.2 Å². The average Bonchev–Trinajstić information content (AvgIpc) is 2.50. The van der Waals surface area contributed by atoms with Gasteiger partial charge in [-0.15, -0.1) is 0 Å². The lowest BCUT2D eigenvalue weighted by Gasteiger charge is -2.11. The molecule has 7 heteroatoms. The van der Waals surface area contributed by atoms with Crippen LogP contribution in [0.5, 0.6) is 5.75 Å². The highest BCUT2D eigenvalue weighted by Crippen LogP contribution is 2.22. The van der Waals surface area contributed by atoms with Gasteiger partial charge in [0.1, 0.15) is 17.9 Å². The topological polar surface area (TPSA) is 90.5 Å². The second-order valence-electron chi connectivity index (χ2n) is 4.92. The molecule has 1 N–H and O–H groups in total. The van der Waals surface area contributed by atoms with Crippen LogP contribution in [0.15, 0.2) is 33.9 Å². The Morgan fingerprint density at radius 2 is 1.91 bits per heavy atom. The molecule has 1 heterocycles. The summed E-state index contributed by atoms with van der Waals surface area (Å²) in [7, 11) is 2.85. The van der Waals surface area contributed by atoms with Gasteiger partial charge in [0.15, 0.2) is 0 Å². The van der Waals surface area contributed by atoms with Crippen molar-refractivity contribution in [3.05, 3.63) is 61.9 Å². The molecule has 1 aromatic heterocycles. The summed E-state index contributed by atoms with van der Waals surface area (Å²) in [6, 6.07) is 5.95. The lowest BCUT2D eigenvalue weighted by atomic mass is 10.1. The molecule has 116 valence electrons. The predicted molar refractivity (Wildman–Crippen MR) is 78.9 cm³/mol. The van der Waals surface area contributed by atoms with E-state index in [0.717, 1.165) is 4.57 Å². The lowest BCUT2D eigenvalue weighted by molar-refractivity contribution is 0.0459. The molecule has 0 atom stereocenters. The average molecular weight is 304 g/mol. The van der Waals surface area contributed by atoms with Crippen molar-refractivity contribution >= 4 is 5.97 Å². The molecule has 2 aromatic rings. The summed E-state index contributed by atoms with van der Waals surface area (Å²) in [5.41, 5.74) is -0.123. The van der Waals surface area contributed by atoms with Gasteiger partial charge in [-0.3, -0.25) is 13.9 Å². The maximum absolute atomic E-state index is 12.0. The highest BCUT2D eigenvalue weighted by atomic mass is 16.5. The quantitative estimate of drug-likeness (QED) is 0.832. The zero-order valence-electron chi connectivity index (χ0n) is 12.5. The zero-order valence-corrected chi connectivity index (χ0v) is 12.5. The number of hydrogen-bond acceptors (Lipinski definition) is 5. The van der Waals surface area contributed by atoms with Crippen LogP contribution < -0.4 is 11.2 Å². The number of carbonyl (C=O) groups excluding carboxylic acids is 1. The van der Waals surface area contributed by atoms with Gasteiger partial charge in [-0.25, -0.2) is 9.59 Å². The van der Waals surface area contributed by atoms with Crippen molar-refractivity contribution in [1.82, 2.24) is 9.13 Å². The smallest absolute Gasteiger partial charge is 0.342 e. The highest BCUT2D eigenvalue weighted by Gasteiger charge is 2.15. The minimum atomic E-state index is -0.727. The van der Waals surface area contributed by atoms with Crippen LogP contribution >= 0.6 is 0 Å². The van der Waals surface area contributed by atoms with Crippen molar-refractivity contribution in [2.45, 2.75) is 13.5 Å². The molecular weight excluding hydrogens is 288 g/mol. The van der Waals surface area contributed by atoms with E-state index < -0.39 is 17.2 Å². The Morgan fingerprint density at radius 3 is 2.59 bits per heavy atom. The minimum absolute atomic E-state index is 0.0360.